The SMILES string of the molecule is CNc1nc(N(C)C2CCN(C)CC2)c2ccccc2n1. The van der Waals surface area contributed by atoms with E-state index in [0.29, 0.717) is 12.0 Å². The summed E-state index contributed by atoms with van der Waals surface area (Å²) in [6.07, 6.45) is 2.36. The van der Waals surface area contributed by atoms with Crippen molar-refractivity contribution in [2.45, 2.75) is 18.9 Å². The molecule has 0 aliphatic carbocycles. The van der Waals surface area contributed by atoms with Gasteiger partial charge in [-0.15, -0.1) is 0 Å². The molecule has 0 unspecified atom stereocenters. The van der Waals surface area contributed by atoms with Crippen molar-refractivity contribution in [2.24, 2.45) is 0 Å². The van der Waals surface area contributed by atoms with Crippen LogP contribution in [-0.4, -0.2) is 55.1 Å². The van der Waals surface area contributed by atoms with Crippen LogP contribution in [0.3, 0.4) is 0 Å². The lowest BCUT2D eigenvalue weighted by atomic mass is 10.0. The van der Waals surface area contributed by atoms with Crippen molar-refractivity contribution in [2.75, 3.05) is 44.4 Å². The maximum atomic E-state index is 4.70. The van der Waals surface area contributed by atoms with Crippen LogP contribution in [0.4, 0.5) is 11.8 Å². The lowest BCUT2D eigenvalue weighted by Crippen LogP contribution is -2.42. The second kappa shape index (κ2) is 5.85. The molecule has 0 saturated carbocycles. The highest BCUT2D eigenvalue weighted by molar-refractivity contribution is 5.90. The standard InChI is InChI=1S/C16H23N5/c1-17-16-18-14-7-5-4-6-13(14)15(19-16)21(3)12-8-10-20(2)11-9-12/h4-7,12H,8-11H2,1-3H3,(H,17,18,19). The first kappa shape index (κ1) is 14.1. The summed E-state index contributed by atoms with van der Waals surface area (Å²) in [5, 5.41) is 4.19. The lowest BCUT2D eigenvalue weighted by molar-refractivity contribution is 0.252. The van der Waals surface area contributed by atoms with Crippen molar-refractivity contribution in [1.29, 1.82) is 0 Å². The topological polar surface area (TPSA) is 44.3 Å². The van der Waals surface area contributed by atoms with Gasteiger partial charge in [-0.25, -0.2) is 4.98 Å². The van der Waals surface area contributed by atoms with Gasteiger partial charge in [-0.05, 0) is 45.1 Å². The maximum absolute atomic E-state index is 4.70. The summed E-state index contributed by atoms with van der Waals surface area (Å²) in [5.41, 5.74) is 0.992. The van der Waals surface area contributed by atoms with Gasteiger partial charge in [0.05, 0.1) is 5.52 Å². The number of para-hydroxylation sites is 1. The summed E-state index contributed by atoms with van der Waals surface area (Å²) in [6.45, 7) is 2.30. The average Bonchev–Trinajstić information content (AvgIpc) is 2.53. The van der Waals surface area contributed by atoms with E-state index < -0.39 is 0 Å². The number of anilines is 2. The minimum atomic E-state index is 0.546. The number of hydrogen-bond acceptors (Lipinski definition) is 5. The molecule has 0 amide bonds. The van der Waals surface area contributed by atoms with Crippen LogP contribution >= 0.6 is 0 Å². The van der Waals surface area contributed by atoms with E-state index in [9.17, 15) is 0 Å². The van der Waals surface area contributed by atoms with Crippen molar-refractivity contribution in [3.05, 3.63) is 24.3 Å². The third-order valence-corrected chi connectivity index (χ3v) is 4.38. The number of rotatable bonds is 3. The Kier molecular flexibility index (Phi) is 3.92. The molecule has 0 spiro atoms. The Morgan fingerprint density at radius 2 is 1.90 bits per heavy atom. The van der Waals surface area contributed by atoms with Gasteiger partial charge in [0.15, 0.2) is 0 Å². The molecule has 0 bridgehead atoms. The van der Waals surface area contributed by atoms with Crippen molar-refractivity contribution < 1.29 is 0 Å². The van der Waals surface area contributed by atoms with Crippen molar-refractivity contribution in [1.82, 2.24) is 14.9 Å². The first-order valence-corrected chi connectivity index (χ1v) is 7.55. The van der Waals surface area contributed by atoms with Gasteiger partial charge in [0.25, 0.3) is 0 Å². The summed E-state index contributed by atoms with van der Waals surface area (Å²) in [7, 11) is 6.21. The minimum absolute atomic E-state index is 0.546. The third-order valence-electron chi connectivity index (χ3n) is 4.38. The van der Waals surface area contributed by atoms with Gasteiger partial charge in [0, 0.05) is 25.5 Å². The van der Waals surface area contributed by atoms with E-state index >= 15 is 0 Å². The molecule has 1 aliphatic rings. The van der Waals surface area contributed by atoms with Gasteiger partial charge in [0.1, 0.15) is 5.82 Å². The van der Waals surface area contributed by atoms with E-state index in [1.165, 1.54) is 12.8 Å². The van der Waals surface area contributed by atoms with Gasteiger partial charge < -0.3 is 15.1 Å². The van der Waals surface area contributed by atoms with Crippen LogP contribution in [0.5, 0.6) is 0 Å². The normalized spacial score (nSPS) is 17.1. The summed E-state index contributed by atoms with van der Waals surface area (Å²) < 4.78 is 0. The van der Waals surface area contributed by atoms with E-state index in [1.807, 2.05) is 19.2 Å². The van der Waals surface area contributed by atoms with Gasteiger partial charge in [-0.2, -0.15) is 4.98 Å². The van der Waals surface area contributed by atoms with Crippen LogP contribution in [0.15, 0.2) is 24.3 Å². The lowest BCUT2D eigenvalue weighted by Gasteiger charge is -2.36. The Balaban J connectivity index is 1.98. The highest BCUT2D eigenvalue weighted by Gasteiger charge is 2.23. The Labute approximate surface area is 126 Å². The number of hydrogen-bond donors (Lipinski definition) is 1. The quantitative estimate of drug-likeness (QED) is 0.936. The summed E-state index contributed by atoms with van der Waals surface area (Å²) in [6, 6.07) is 8.77. The Hall–Kier alpha value is -1.88. The molecule has 3 rings (SSSR count). The van der Waals surface area contributed by atoms with E-state index in [-0.39, 0.29) is 0 Å². The smallest absolute Gasteiger partial charge is 0.224 e. The average molecular weight is 285 g/mol. The van der Waals surface area contributed by atoms with Crippen molar-refractivity contribution >= 4 is 22.7 Å². The van der Waals surface area contributed by atoms with Crippen LogP contribution in [0.25, 0.3) is 10.9 Å². The van der Waals surface area contributed by atoms with Gasteiger partial charge in [-0.3, -0.25) is 0 Å². The maximum Gasteiger partial charge on any atom is 0.224 e. The first-order valence-electron chi connectivity index (χ1n) is 7.55. The van der Waals surface area contributed by atoms with E-state index in [2.05, 4.69) is 46.3 Å². The third kappa shape index (κ3) is 2.78. The molecule has 1 N–H and O–H groups in total. The van der Waals surface area contributed by atoms with Crippen LogP contribution in [-0.2, 0) is 0 Å². The Morgan fingerprint density at radius 3 is 2.62 bits per heavy atom. The zero-order valence-corrected chi connectivity index (χ0v) is 13.0. The predicted molar refractivity (Wildman–Crippen MR) is 88.0 cm³/mol. The van der Waals surface area contributed by atoms with Crippen molar-refractivity contribution in [3.8, 4) is 0 Å². The molecule has 112 valence electrons. The molecule has 0 radical (unpaired) electrons. The number of aromatic nitrogens is 2. The van der Waals surface area contributed by atoms with Gasteiger partial charge in [0.2, 0.25) is 5.95 Å². The molecule has 1 saturated heterocycles. The van der Waals surface area contributed by atoms with E-state index in [4.69, 9.17) is 4.98 Å². The molecule has 0 atom stereocenters. The zero-order valence-electron chi connectivity index (χ0n) is 13.0. The number of benzene rings is 1. The molecule has 5 nitrogen and oxygen atoms in total. The molecule has 1 aromatic carbocycles. The van der Waals surface area contributed by atoms with Crippen LogP contribution < -0.4 is 10.2 Å². The number of piperidine rings is 1. The van der Waals surface area contributed by atoms with Crippen LogP contribution in [0, 0.1) is 0 Å². The van der Waals surface area contributed by atoms with Crippen LogP contribution in [0.2, 0.25) is 0 Å². The van der Waals surface area contributed by atoms with E-state index in [0.717, 1.165) is 29.8 Å². The monoisotopic (exact) mass is 285 g/mol. The predicted octanol–water partition coefficient (Wildman–Crippen LogP) is 2.20. The highest BCUT2D eigenvalue weighted by atomic mass is 15.2. The van der Waals surface area contributed by atoms with Crippen LogP contribution in [0.1, 0.15) is 12.8 Å². The van der Waals surface area contributed by atoms with E-state index in [1.54, 1.807) is 0 Å². The van der Waals surface area contributed by atoms with Gasteiger partial charge >= 0.3 is 0 Å². The second-order valence-corrected chi connectivity index (χ2v) is 5.78. The number of fused-ring (bicyclic) bond motifs is 1. The Bertz CT molecular complexity index is 619. The highest BCUT2D eigenvalue weighted by Crippen LogP contribution is 2.28. The largest absolute Gasteiger partial charge is 0.357 e. The zero-order chi connectivity index (χ0) is 14.8. The van der Waals surface area contributed by atoms with Crippen molar-refractivity contribution in [3.63, 3.8) is 0 Å². The molecule has 1 fully saturated rings. The molecule has 1 aliphatic heterocycles. The fourth-order valence-corrected chi connectivity index (χ4v) is 3.00. The molecular formula is C16H23N5. The Morgan fingerprint density at radius 1 is 1.19 bits per heavy atom. The summed E-state index contributed by atoms with van der Waals surface area (Å²) in [5.74, 6) is 1.71. The molecule has 2 heterocycles. The summed E-state index contributed by atoms with van der Waals surface area (Å²) >= 11 is 0. The minimum Gasteiger partial charge on any atom is -0.357 e. The fourth-order valence-electron chi connectivity index (χ4n) is 3.00. The number of likely N-dealkylation sites (tertiary alicyclic amines) is 1. The number of nitrogens with one attached hydrogen (secondary N) is 1. The first-order chi connectivity index (χ1) is 10.2. The molecule has 5 heteroatoms. The fraction of sp³-hybridized carbons (Fsp3) is 0.500. The van der Waals surface area contributed by atoms with Gasteiger partial charge in [-0.1, -0.05) is 12.1 Å². The molecule has 21 heavy (non-hydrogen) atoms. The molecule has 2 aromatic rings. The second-order valence-electron chi connectivity index (χ2n) is 5.78. The summed E-state index contributed by atoms with van der Waals surface area (Å²) in [4.78, 5) is 14.0. The molecule has 1 aromatic heterocycles. The molecular weight excluding hydrogens is 262 g/mol. The number of nitrogens with zero attached hydrogens (tertiary/aromatic N) is 4.